The quantitative estimate of drug-likeness (QED) is 0.340. The molecule has 0 saturated heterocycles. The maximum Gasteiger partial charge on any atom is 0.291 e. The molecule has 0 unspecified atom stereocenters. The molecule has 4 N–H and O–H groups in total. The van der Waals surface area contributed by atoms with Gasteiger partial charge in [-0.1, -0.05) is 16.8 Å². The molecule has 0 fully saturated rings. The molecule has 2 aromatic rings. The van der Waals surface area contributed by atoms with Crippen molar-refractivity contribution in [2.45, 2.75) is 0 Å². The highest BCUT2D eigenvalue weighted by molar-refractivity contribution is 9.10. The van der Waals surface area contributed by atoms with Gasteiger partial charge in [0.1, 0.15) is 0 Å². The molecule has 1 heterocycles. The fraction of sp³-hybridized carbons (Fsp3) is 0. The van der Waals surface area contributed by atoms with Crippen molar-refractivity contribution in [2.75, 3.05) is 5.32 Å². The standard InChI is InChI=1S/C12H9BrClN3O3/c13-10-4-3-9(20-10)12(18)16-8-2-1-6(5-7(8)14)11(15)17-19/h1-5,19H,(H2,15,17)(H,16,18). The van der Waals surface area contributed by atoms with Crippen molar-refractivity contribution >= 4 is 45.0 Å². The van der Waals surface area contributed by atoms with E-state index in [0.717, 1.165) is 0 Å². The number of furan rings is 1. The molecule has 0 spiro atoms. The zero-order valence-corrected chi connectivity index (χ0v) is 12.3. The van der Waals surface area contributed by atoms with E-state index in [2.05, 4.69) is 26.4 Å². The number of amides is 1. The average molecular weight is 359 g/mol. The molecule has 0 radical (unpaired) electrons. The van der Waals surface area contributed by atoms with Crippen LogP contribution in [0.15, 0.2) is 44.6 Å². The van der Waals surface area contributed by atoms with E-state index >= 15 is 0 Å². The van der Waals surface area contributed by atoms with Crippen LogP contribution in [-0.2, 0) is 0 Å². The van der Waals surface area contributed by atoms with Gasteiger partial charge in [0.2, 0.25) is 0 Å². The predicted octanol–water partition coefficient (Wildman–Crippen LogP) is 3.04. The molecule has 1 aromatic carbocycles. The van der Waals surface area contributed by atoms with Crippen LogP contribution < -0.4 is 11.1 Å². The van der Waals surface area contributed by atoms with Crippen LogP contribution in [-0.4, -0.2) is 17.0 Å². The Morgan fingerprint density at radius 2 is 2.15 bits per heavy atom. The van der Waals surface area contributed by atoms with Crippen molar-refractivity contribution in [3.8, 4) is 0 Å². The normalized spacial score (nSPS) is 11.4. The summed E-state index contributed by atoms with van der Waals surface area (Å²) in [4.78, 5) is 11.9. The lowest BCUT2D eigenvalue weighted by Gasteiger charge is -2.07. The molecule has 1 aromatic heterocycles. The highest BCUT2D eigenvalue weighted by Gasteiger charge is 2.13. The van der Waals surface area contributed by atoms with Gasteiger partial charge in [-0.25, -0.2) is 0 Å². The van der Waals surface area contributed by atoms with Gasteiger partial charge in [0.25, 0.3) is 5.91 Å². The van der Waals surface area contributed by atoms with Crippen molar-refractivity contribution in [3.05, 3.63) is 51.3 Å². The molecule has 0 atom stereocenters. The SMILES string of the molecule is N/C(=N/O)c1ccc(NC(=O)c2ccc(Br)o2)c(Cl)c1. The number of amidine groups is 1. The number of benzene rings is 1. The Hall–Kier alpha value is -1.99. The fourth-order valence-corrected chi connectivity index (χ4v) is 1.99. The van der Waals surface area contributed by atoms with E-state index in [0.29, 0.717) is 15.9 Å². The largest absolute Gasteiger partial charge is 0.444 e. The highest BCUT2D eigenvalue weighted by Crippen LogP contribution is 2.24. The van der Waals surface area contributed by atoms with E-state index in [1.165, 1.54) is 12.1 Å². The van der Waals surface area contributed by atoms with Crippen LogP contribution in [0.1, 0.15) is 16.1 Å². The lowest BCUT2D eigenvalue weighted by atomic mass is 10.2. The zero-order valence-electron chi connectivity index (χ0n) is 9.93. The first kappa shape index (κ1) is 14.4. The summed E-state index contributed by atoms with van der Waals surface area (Å²) in [7, 11) is 0. The molecular weight excluding hydrogens is 350 g/mol. The maximum atomic E-state index is 11.9. The number of nitrogens with zero attached hydrogens (tertiary/aromatic N) is 1. The lowest BCUT2D eigenvalue weighted by Crippen LogP contribution is -2.14. The summed E-state index contributed by atoms with van der Waals surface area (Å²) in [6, 6.07) is 7.72. The number of anilines is 1. The summed E-state index contributed by atoms with van der Waals surface area (Å²) in [5.41, 5.74) is 6.27. The molecule has 0 bridgehead atoms. The molecule has 6 nitrogen and oxygen atoms in total. The lowest BCUT2D eigenvalue weighted by molar-refractivity contribution is 0.0995. The molecular formula is C12H9BrClN3O3. The number of rotatable bonds is 3. The minimum atomic E-state index is -0.436. The molecule has 104 valence electrons. The van der Waals surface area contributed by atoms with Crippen molar-refractivity contribution in [2.24, 2.45) is 10.9 Å². The van der Waals surface area contributed by atoms with Crippen molar-refractivity contribution in [1.82, 2.24) is 0 Å². The number of hydrogen-bond acceptors (Lipinski definition) is 4. The van der Waals surface area contributed by atoms with Crippen LogP contribution in [0, 0.1) is 0 Å². The van der Waals surface area contributed by atoms with Gasteiger partial charge in [-0.3, -0.25) is 4.79 Å². The number of nitrogens with two attached hydrogens (primary N) is 1. The van der Waals surface area contributed by atoms with Crippen LogP contribution >= 0.6 is 27.5 Å². The van der Waals surface area contributed by atoms with E-state index in [9.17, 15) is 4.79 Å². The third-order valence-corrected chi connectivity index (χ3v) is 3.16. The second kappa shape index (κ2) is 5.98. The van der Waals surface area contributed by atoms with E-state index in [4.69, 9.17) is 27.0 Å². The minimum Gasteiger partial charge on any atom is -0.444 e. The Bertz CT molecular complexity index is 684. The van der Waals surface area contributed by atoms with E-state index in [1.807, 2.05) is 0 Å². The Labute approximate surface area is 127 Å². The average Bonchev–Trinajstić information content (AvgIpc) is 2.86. The van der Waals surface area contributed by atoms with Crippen LogP contribution in [0.25, 0.3) is 0 Å². The summed E-state index contributed by atoms with van der Waals surface area (Å²) < 4.78 is 5.58. The number of carbonyl (C=O) groups excluding carboxylic acids is 1. The van der Waals surface area contributed by atoms with Gasteiger partial charge in [-0.05, 0) is 46.3 Å². The van der Waals surface area contributed by atoms with Gasteiger partial charge >= 0.3 is 0 Å². The Balaban J connectivity index is 2.20. The van der Waals surface area contributed by atoms with Gasteiger partial charge in [-0.15, -0.1) is 0 Å². The van der Waals surface area contributed by atoms with Gasteiger partial charge < -0.3 is 20.7 Å². The molecule has 20 heavy (non-hydrogen) atoms. The molecule has 1 amide bonds. The Morgan fingerprint density at radius 1 is 1.40 bits per heavy atom. The maximum absolute atomic E-state index is 11.9. The number of oxime groups is 1. The molecule has 8 heteroatoms. The first-order valence-electron chi connectivity index (χ1n) is 5.35. The summed E-state index contributed by atoms with van der Waals surface area (Å²) >= 11 is 9.13. The van der Waals surface area contributed by atoms with Crippen molar-refractivity contribution in [1.29, 1.82) is 0 Å². The zero-order chi connectivity index (χ0) is 14.7. The molecule has 2 rings (SSSR count). The van der Waals surface area contributed by atoms with Gasteiger partial charge in [0, 0.05) is 5.56 Å². The van der Waals surface area contributed by atoms with Crippen molar-refractivity contribution in [3.63, 3.8) is 0 Å². The van der Waals surface area contributed by atoms with Crippen molar-refractivity contribution < 1.29 is 14.4 Å². The van der Waals surface area contributed by atoms with Gasteiger partial charge in [0.15, 0.2) is 16.3 Å². The number of nitrogens with one attached hydrogen (secondary N) is 1. The Kier molecular flexibility index (Phi) is 4.31. The minimum absolute atomic E-state index is 0.0697. The molecule has 0 aliphatic rings. The van der Waals surface area contributed by atoms with Gasteiger partial charge in [-0.2, -0.15) is 0 Å². The Morgan fingerprint density at radius 3 is 2.70 bits per heavy atom. The second-order valence-corrected chi connectivity index (χ2v) is 4.93. The first-order valence-corrected chi connectivity index (χ1v) is 6.52. The third kappa shape index (κ3) is 3.12. The smallest absolute Gasteiger partial charge is 0.291 e. The van der Waals surface area contributed by atoms with E-state index < -0.39 is 5.91 Å². The topological polar surface area (TPSA) is 101 Å². The second-order valence-electron chi connectivity index (χ2n) is 3.74. The molecule has 0 aliphatic carbocycles. The molecule has 0 saturated carbocycles. The third-order valence-electron chi connectivity index (χ3n) is 2.42. The van der Waals surface area contributed by atoms with E-state index in [1.54, 1.807) is 18.2 Å². The van der Waals surface area contributed by atoms with E-state index in [-0.39, 0.29) is 16.6 Å². The van der Waals surface area contributed by atoms with Crippen LogP contribution in [0.5, 0.6) is 0 Å². The molecule has 0 aliphatic heterocycles. The highest BCUT2D eigenvalue weighted by atomic mass is 79.9. The number of halogens is 2. The predicted molar refractivity (Wildman–Crippen MR) is 78.3 cm³/mol. The first-order chi connectivity index (χ1) is 9.51. The summed E-state index contributed by atoms with van der Waals surface area (Å²) in [6.07, 6.45) is 0. The number of hydrogen-bond donors (Lipinski definition) is 3. The summed E-state index contributed by atoms with van der Waals surface area (Å²) in [5.74, 6) is -0.359. The van der Waals surface area contributed by atoms with Crippen LogP contribution in [0.2, 0.25) is 5.02 Å². The van der Waals surface area contributed by atoms with Crippen LogP contribution in [0.3, 0.4) is 0 Å². The number of carbonyl (C=O) groups is 1. The summed E-state index contributed by atoms with van der Waals surface area (Å²) in [5, 5.41) is 14.3. The van der Waals surface area contributed by atoms with Crippen LogP contribution in [0.4, 0.5) is 5.69 Å². The fourth-order valence-electron chi connectivity index (χ4n) is 1.45. The summed E-state index contributed by atoms with van der Waals surface area (Å²) in [6.45, 7) is 0. The monoisotopic (exact) mass is 357 g/mol. The van der Waals surface area contributed by atoms with Gasteiger partial charge in [0.05, 0.1) is 10.7 Å².